The van der Waals surface area contributed by atoms with Gasteiger partial charge in [0.1, 0.15) is 0 Å². The van der Waals surface area contributed by atoms with Crippen molar-refractivity contribution >= 4 is 17.2 Å². The molecule has 3 atom stereocenters. The summed E-state index contributed by atoms with van der Waals surface area (Å²) in [6.45, 7) is 13.3. The van der Waals surface area contributed by atoms with Gasteiger partial charge in [-0.15, -0.1) is 0 Å². The normalized spacial score (nSPS) is 18.4. The van der Waals surface area contributed by atoms with Gasteiger partial charge in [-0.1, -0.05) is 75.4 Å². The molecule has 0 aromatic heterocycles. The molecule has 0 fully saturated rings. The van der Waals surface area contributed by atoms with E-state index >= 15 is 0 Å². The Balaban J connectivity index is 2.04. The van der Waals surface area contributed by atoms with Gasteiger partial charge in [0.25, 0.3) is 0 Å². The molecule has 0 spiro atoms. The quantitative estimate of drug-likeness (QED) is 0.372. The molecule has 5 heteroatoms. The fourth-order valence-corrected chi connectivity index (χ4v) is 4.85. The first-order valence-electron chi connectivity index (χ1n) is 13.4. The van der Waals surface area contributed by atoms with Gasteiger partial charge in [-0.3, -0.25) is 4.79 Å². The number of allylic oxidation sites excluding steroid dienone is 2. The van der Waals surface area contributed by atoms with Gasteiger partial charge in [0.2, 0.25) is 5.91 Å². The topological polar surface area (TPSA) is 70.0 Å². The molecule has 0 saturated heterocycles. The van der Waals surface area contributed by atoms with E-state index in [-0.39, 0.29) is 30.0 Å². The zero-order chi connectivity index (χ0) is 27.2. The minimum absolute atomic E-state index is 0.00637. The first kappa shape index (κ1) is 28.8. The van der Waals surface area contributed by atoms with Crippen LogP contribution in [0, 0.1) is 0 Å². The lowest BCUT2D eigenvalue weighted by atomic mass is 9.80. The number of hydrogen-bond acceptors (Lipinski definition) is 4. The lowest BCUT2D eigenvalue weighted by Crippen LogP contribution is -2.31. The Kier molecular flexibility index (Phi) is 9.88. The van der Waals surface area contributed by atoms with Gasteiger partial charge in [0.15, 0.2) is 0 Å². The van der Waals surface area contributed by atoms with Crippen molar-refractivity contribution in [2.24, 2.45) is 0 Å². The van der Waals surface area contributed by atoms with Crippen LogP contribution in [0.1, 0.15) is 88.7 Å². The second-order valence-corrected chi connectivity index (χ2v) is 10.9. The summed E-state index contributed by atoms with van der Waals surface area (Å²) in [5, 5.41) is 19.1. The van der Waals surface area contributed by atoms with E-state index in [1.165, 1.54) is 0 Å². The first-order chi connectivity index (χ1) is 17.6. The van der Waals surface area contributed by atoms with E-state index in [9.17, 15) is 9.90 Å². The lowest BCUT2D eigenvalue weighted by molar-refractivity contribution is -0.116. The minimum Gasteiger partial charge on any atom is -0.396 e. The number of unbranched alkanes of at least 4 members (excludes halogenated alkanes) is 1. The highest BCUT2D eigenvalue weighted by Gasteiger charge is 2.28. The highest BCUT2D eigenvalue weighted by molar-refractivity contribution is 5.92. The zero-order valence-corrected chi connectivity index (χ0v) is 23.2. The molecular weight excluding hydrogens is 462 g/mol. The number of aliphatic hydroxyl groups excluding tert-OH is 2. The maximum Gasteiger partial charge on any atom is 0.223 e. The summed E-state index contributed by atoms with van der Waals surface area (Å²) >= 11 is 0. The standard InChI is InChI=1S/C32H43NO4/c1-7-33(23(3)36)30-16-14-27(21-29(30)32(4,5)6)28-20-26(15-17-31(28)37-19-9-8-18-34)25-12-10-24(11-13-25)22(2)35/h10-17,20-22,28,31,34-35H,7-9,18-19H2,1-6H3. The summed E-state index contributed by atoms with van der Waals surface area (Å²) in [6, 6.07) is 14.5. The van der Waals surface area contributed by atoms with E-state index in [0.717, 1.165) is 46.4 Å². The van der Waals surface area contributed by atoms with Gasteiger partial charge in [0, 0.05) is 38.3 Å². The molecular formula is C32H43NO4. The third kappa shape index (κ3) is 7.19. The van der Waals surface area contributed by atoms with Crippen molar-refractivity contribution in [2.45, 2.75) is 77.9 Å². The molecule has 0 aliphatic heterocycles. The molecule has 2 N–H and O–H groups in total. The Morgan fingerprint density at radius 3 is 2.38 bits per heavy atom. The van der Waals surface area contributed by atoms with Crippen molar-refractivity contribution in [3.05, 3.63) is 82.9 Å². The molecule has 1 amide bonds. The molecule has 0 saturated carbocycles. The fraction of sp³-hybridized carbons (Fsp3) is 0.469. The maximum atomic E-state index is 12.4. The molecule has 2 aromatic carbocycles. The maximum absolute atomic E-state index is 12.4. The predicted molar refractivity (Wildman–Crippen MR) is 152 cm³/mol. The molecule has 0 bridgehead atoms. The van der Waals surface area contributed by atoms with Crippen molar-refractivity contribution < 1.29 is 19.7 Å². The van der Waals surface area contributed by atoms with Crippen molar-refractivity contribution in [3.63, 3.8) is 0 Å². The number of nitrogens with zero attached hydrogens (tertiary/aromatic N) is 1. The van der Waals surface area contributed by atoms with Crippen molar-refractivity contribution in [3.8, 4) is 0 Å². The van der Waals surface area contributed by atoms with E-state index in [1.807, 2.05) is 36.1 Å². The average molecular weight is 506 g/mol. The van der Waals surface area contributed by atoms with Gasteiger partial charge in [-0.25, -0.2) is 0 Å². The Morgan fingerprint density at radius 1 is 1.11 bits per heavy atom. The van der Waals surface area contributed by atoms with Crippen molar-refractivity contribution in [1.82, 2.24) is 0 Å². The molecule has 1 aliphatic rings. The van der Waals surface area contributed by atoms with Crippen LogP contribution in [0.4, 0.5) is 5.69 Å². The molecule has 3 rings (SSSR count). The second kappa shape index (κ2) is 12.7. The van der Waals surface area contributed by atoms with Crippen LogP contribution >= 0.6 is 0 Å². The number of aliphatic hydroxyl groups is 2. The van der Waals surface area contributed by atoms with E-state index in [1.54, 1.807) is 13.8 Å². The first-order valence-corrected chi connectivity index (χ1v) is 13.4. The van der Waals surface area contributed by atoms with Crippen molar-refractivity contribution in [2.75, 3.05) is 24.7 Å². The summed E-state index contributed by atoms with van der Waals surface area (Å²) in [5.41, 5.74) is 6.16. The highest BCUT2D eigenvalue weighted by Crippen LogP contribution is 2.39. The molecule has 37 heavy (non-hydrogen) atoms. The predicted octanol–water partition coefficient (Wildman–Crippen LogP) is 6.30. The number of benzene rings is 2. The number of carbonyl (C=O) groups is 1. The van der Waals surface area contributed by atoms with Crippen LogP contribution < -0.4 is 4.90 Å². The van der Waals surface area contributed by atoms with Crippen molar-refractivity contribution in [1.29, 1.82) is 0 Å². The number of ether oxygens (including phenoxy) is 1. The summed E-state index contributed by atoms with van der Waals surface area (Å²) < 4.78 is 6.31. The van der Waals surface area contributed by atoms with E-state index in [0.29, 0.717) is 13.2 Å². The van der Waals surface area contributed by atoms with Gasteiger partial charge in [0.05, 0.1) is 12.2 Å². The zero-order valence-electron chi connectivity index (χ0n) is 23.2. The van der Waals surface area contributed by atoms with Crippen LogP contribution in [0.5, 0.6) is 0 Å². The molecule has 1 aliphatic carbocycles. The van der Waals surface area contributed by atoms with Crippen LogP contribution in [-0.2, 0) is 14.9 Å². The average Bonchev–Trinajstić information content (AvgIpc) is 2.86. The third-order valence-electron chi connectivity index (χ3n) is 6.97. The van der Waals surface area contributed by atoms with Crippen LogP contribution in [0.15, 0.2) is 60.7 Å². The van der Waals surface area contributed by atoms with E-state index < -0.39 is 6.10 Å². The van der Waals surface area contributed by atoms with Gasteiger partial charge in [-0.2, -0.15) is 0 Å². The molecule has 2 aromatic rings. The Morgan fingerprint density at radius 2 is 1.81 bits per heavy atom. The van der Waals surface area contributed by atoms with Gasteiger partial charge < -0.3 is 19.8 Å². The Labute approximate surface area is 222 Å². The smallest absolute Gasteiger partial charge is 0.223 e. The fourth-order valence-electron chi connectivity index (χ4n) is 4.85. The third-order valence-corrected chi connectivity index (χ3v) is 6.97. The Bertz CT molecular complexity index is 1110. The summed E-state index contributed by atoms with van der Waals surface area (Å²) in [7, 11) is 0. The van der Waals surface area contributed by atoms with Gasteiger partial charge >= 0.3 is 0 Å². The van der Waals surface area contributed by atoms with Crippen LogP contribution in [-0.4, -0.2) is 42.0 Å². The second-order valence-electron chi connectivity index (χ2n) is 10.9. The largest absolute Gasteiger partial charge is 0.396 e. The highest BCUT2D eigenvalue weighted by atomic mass is 16.5. The van der Waals surface area contributed by atoms with Crippen LogP contribution in [0.3, 0.4) is 0 Å². The molecule has 3 unspecified atom stereocenters. The molecule has 5 nitrogen and oxygen atoms in total. The summed E-state index contributed by atoms with van der Waals surface area (Å²) in [4.78, 5) is 14.2. The molecule has 200 valence electrons. The summed E-state index contributed by atoms with van der Waals surface area (Å²) in [6.07, 6.45) is 7.39. The molecule has 0 radical (unpaired) electrons. The van der Waals surface area contributed by atoms with E-state index in [4.69, 9.17) is 9.84 Å². The molecule has 0 heterocycles. The monoisotopic (exact) mass is 505 g/mol. The SMILES string of the molecule is CCN(C(C)=O)c1ccc(C2C=C(c3ccc(C(C)O)cc3)C=CC2OCCCCO)cc1C(C)(C)C. The lowest BCUT2D eigenvalue weighted by Gasteiger charge is -2.32. The Hall–Kier alpha value is -2.73. The van der Waals surface area contributed by atoms with Crippen LogP contribution in [0.2, 0.25) is 0 Å². The number of hydrogen-bond donors (Lipinski definition) is 2. The summed E-state index contributed by atoms with van der Waals surface area (Å²) in [5.74, 6) is 0.0300. The number of rotatable bonds is 10. The minimum atomic E-state index is -0.499. The number of carbonyl (C=O) groups excluding carboxylic acids is 1. The number of anilines is 1. The van der Waals surface area contributed by atoms with E-state index in [2.05, 4.69) is 57.2 Å². The number of amides is 1. The van der Waals surface area contributed by atoms with Gasteiger partial charge in [-0.05, 0) is 66.0 Å². The van der Waals surface area contributed by atoms with Crippen LogP contribution in [0.25, 0.3) is 5.57 Å².